The summed E-state index contributed by atoms with van der Waals surface area (Å²) in [6.45, 7) is 4.19. The number of hydrogen-bond acceptors (Lipinski definition) is 2. The third kappa shape index (κ3) is 1.95. The van der Waals surface area contributed by atoms with Crippen LogP contribution in [0.5, 0.6) is 0 Å². The van der Waals surface area contributed by atoms with E-state index < -0.39 is 0 Å². The van der Waals surface area contributed by atoms with Gasteiger partial charge in [-0.15, -0.1) is 0 Å². The normalized spacial score (nSPS) is 24.5. The van der Waals surface area contributed by atoms with Crippen LogP contribution in [0.1, 0.15) is 26.7 Å². The molecule has 0 saturated carbocycles. The molecule has 0 aromatic heterocycles. The predicted molar refractivity (Wildman–Crippen MR) is 47.7 cm³/mol. The van der Waals surface area contributed by atoms with Gasteiger partial charge < -0.3 is 5.11 Å². The fourth-order valence-corrected chi connectivity index (χ4v) is 1.46. The second-order valence-corrected chi connectivity index (χ2v) is 3.69. The molecule has 0 fully saturated rings. The second kappa shape index (κ2) is 3.85. The second-order valence-electron chi connectivity index (χ2n) is 3.69. The van der Waals surface area contributed by atoms with Gasteiger partial charge in [0.15, 0.2) is 0 Å². The summed E-state index contributed by atoms with van der Waals surface area (Å²) in [5.74, 6) is 0.532. The third-order valence-electron chi connectivity index (χ3n) is 2.46. The molecule has 0 aromatic carbocycles. The average molecular weight is 168 g/mol. The Balaban J connectivity index is 2.64. The first kappa shape index (κ1) is 9.46. The number of allylic oxidation sites excluding steroid dienone is 2. The minimum Gasteiger partial charge on any atom is -0.396 e. The van der Waals surface area contributed by atoms with Gasteiger partial charge in [0.25, 0.3) is 0 Å². The third-order valence-corrected chi connectivity index (χ3v) is 2.46. The maximum Gasteiger partial charge on any atom is 0.142 e. The van der Waals surface area contributed by atoms with Crippen LogP contribution in [-0.2, 0) is 4.79 Å². The maximum atomic E-state index is 11.3. The predicted octanol–water partition coefficient (Wildman–Crippen LogP) is 1.54. The van der Waals surface area contributed by atoms with Crippen LogP contribution < -0.4 is 0 Å². The van der Waals surface area contributed by atoms with Crippen LogP contribution in [-0.4, -0.2) is 17.5 Å². The van der Waals surface area contributed by atoms with Crippen LogP contribution in [0, 0.1) is 11.8 Å². The summed E-state index contributed by atoms with van der Waals surface area (Å²) in [6.07, 6.45) is 3.37. The summed E-state index contributed by atoms with van der Waals surface area (Å²) in [5, 5.41) is 8.84. The van der Waals surface area contributed by atoms with Crippen molar-refractivity contribution in [3.8, 4) is 0 Å². The van der Waals surface area contributed by atoms with Crippen LogP contribution in [0.2, 0.25) is 0 Å². The molecule has 12 heavy (non-hydrogen) atoms. The molecule has 1 N–H and O–H groups in total. The summed E-state index contributed by atoms with van der Waals surface area (Å²) in [7, 11) is 0. The van der Waals surface area contributed by atoms with Gasteiger partial charge in [-0.1, -0.05) is 25.5 Å². The van der Waals surface area contributed by atoms with Crippen molar-refractivity contribution in [2.24, 2.45) is 11.8 Å². The fraction of sp³-hybridized carbons (Fsp3) is 0.700. The molecule has 0 saturated heterocycles. The number of rotatable bonds is 2. The molecule has 0 bridgehead atoms. The van der Waals surface area contributed by atoms with E-state index >= 15 is 0 Å². The molecule has 1 rings (SSSR count). The average Bonchev–Trinajstić information content (AvgIpc) is 2.04. The highest BCUT2D eigenvalue weighted by molar-refractivity contribution is 5.84. The smallest absolute Gasteiger partial charge is 0.142 e. The van der Waals surface area contributed by atoms with Gasteiger partial charge in [-0.25, -0.2) is 0 Å². The molecule has 0 aliphatic heterocycles. The number of hydrogen-bond donors (Lipinski definition) is 1. The van der Waals surface area contributed by atoms with Crippen molar-refractivity contribution < 1.29 is 9.90 Å². The number of aliphatic hydroxyl groups is 1. The van der Waals surface area contributed by atoms with Crippen molar-refractivity contribution >= 4 is 5.78 Å². The van der Waals surface area contributed by atoms with E-state index in [1.54, 1.807) is 0 Å². The van der Waals surface area contributed by atoms with E-state index in [2.05, 4.69) is 19.9 Å². The van der Waals surface area contributed by atoms with Gasteiger partial charge in [0.05, 0.1) is 6.61 Å². The Morgan fingerprint density at radius 2 is 2.33 bits per heavy atom. The first-order chi connectivity index (χ1) is 5.65. The molecule has 2 heteroatoms. The monoisotopic (exact) mass is 168 g/mol. The van der Waals surface area contributed by atoms with Crippen LogP contribution in [0.4, 0.5) is 0 Å². The number of aliphatic hydroxyl groups excluding tert-OH is 1. The van der Waals surface area contributed by atoms with Gasteiger partial charge in [-0.2, -0.15) is 0 Å². The molecular weight excluding hydrogens is 152 g/mol. The van der Waals surface area contributed by atoms with Crippen molar-refractivity contribution in [2.45, 2.75) is 26.7 Å². The minimum atomic E-state index is -0.132. The van der Waals surface area contributed by atoms with Gasteiger partial charge in [-0.3, -0.25) is 4.79 Å². The van der Waals surface area contributed by atoms with E-state index in [0.717, 1.165) is 6.42 Å². The molecule has 0 radical (unpaired) electrons. The summed E-state index contributed by atoms with van der Waals surface area (Å²) >= 11 is 0. The summed E-state index contributed by atoms with van der Waals surface area (Å²) < 4.78 is 0. The molecule has 0 aromatic rings. The lowest BCUT2D eigenvalue weighted by molar-refractivity contribution is -0.123. The Morgan fingerprint density at radius 3 is 2.75 bits per heavy atom. The number of ketones is 1. The first-order valence-corrected chi connectivity index (χ1v) is 4.47. The highest BCUT2D eigenvalue weighted by atomic mass is 16.3. The van der Waals surface area contributed by atoms with Gasteiger partial charge in [0, 0.05) is 12.3 Å². The molecule has 1 unspecified atom stereocenters. The highest BCUT2D eigenvalue weighted by Crippen LogP contribution is 2.24. The van der Waals surface area contributed by atoms with Gasteiger partial charge in [0.1, 0.15) is 5.78 Å². The largest absolute Gasteiger partial charge is 0.396 e. The Hall–Kier alpha value is -0.630. The Labute approximate surface area is 73.3 Å². The Kier molecular flexibility index (Phi) is 3.04. The van der Waals surface area contributed by atoms with E-state index in [1.807, 2.05) is 0 Å². The zero-order chi connectivity index (χ0) is 9.14. The van der Waals surface area contributed by atoms with E-state index in [-0.39, 0.29) is 18.3 Å². The molecule has 0 spiro atoms. The van der Waals surface area contributed by atoms with E-state index in [0.29, 0.717) is 12.3 Å². The van der Waals surface area contributed by atoms with E-state index in [4.69, 9.17) is 5.11 Å². The van der Waals surface area contributed by atoms with Gasteiger partial charge in [0.2, 0.25) is 0 Å². The minimum absolute atomic E-state index is 0.000703. The lowest BCUT2D eigenvalue weighted by Crippen LogP contribution is -2.23. The summed E-state index contributed by atoms with van der Waals surface area (Å²) in [6, 6.07) is 0. The van der Waals surface area contributed by atoms with Crippen LogP contribution in [0.3, 0.4) is 0 Å². The van der Waals surface area contributed by atoms with Crippen molar-refractivity contribution in [3.05, 3.63) is 11.6 Å². The van der Waals surface area contributed by atoms with Crippen LogP contribution >= 0.6 is 0 Å². The highest BCUT2D eigenvalue weighted by Gasteiger charge is 2.22. The van der Waals surface area contributed by atoms with Crippen molar-refractivity contribution in [2.75, 3.05) is 6.61 Å². The quantitative estimate of drug-likeness (QED) is 0.635. The number of carbonyl (C=O) groups is 1. The van der Waals surface area contributed by atoms with E-state index in [9.17, 15) is 4.79 Å². The lowest BCUT2D eigenvalue weighted by Gasteiger charge is -2.20. The van der Waals surface area contributed by atoms with Crippen LogP contribution in [0.25, 0.3) is 0 Å². The SMILES string of the molecule is CC(C)C1=CCC(CO)C(=O)C1. The van der Waals surface area contributed by atoms with Crippen molar-refractivity contribution in [3.63, 3.8) is 0 Å². The molecule has 0 amide bonds. The summed E-state index contributed by atoms with van der Waals surface area (Å²) in [4.78, 5) is 11.3. The molecule has 1 atom stereocenters. The standard InChI is InChI=1S/C10H16O2/c1-7(2)8-3-4-9(6-11)10(12)5-8/h3,7,9,11H,4-6H2,1-2H3. The van der Waals surface area contributed by atoms with Crippen LogP contribution in [0.15, 0.2) is 11.6 Å². The molecule has 1 aliphatic carbocycles. The maximum absolute atomic E-state index is 11.3. The first-order valence-electron chi connectivity index (χ1n) is 4.47. The van der Waals surface area contributed by atoms with Crippen molar-refractivity contribution in [1.29, 1.82) is 0 Å². The summed E-state index contributed by atoms with van der Waals surface area (Å²) in [5.41, 5.74) is 1.23. The molecule has 1 aliphatic rings. The van der Waals surface area contributed by atoms with Gasteiger partial charge in [-0.05, 0) is 12.3 Å². The zero-order valence-corrected chi connectivity index (χ0v) is 7.71. The molecule has 68 valence electrons. The Bertz CT molecular complexity index is 204. The zero-order valence-electron chi connectivity index (χ0n) is 7.71. The molecule has 2 nitrogen and oxygen atoms in total. The topological polar surface area (TPSA) is 37.3 Å². The number of carbonyl (C=O) groups excluding carboxylic acids is 1. The Morgan fingerprint density at radius 1 is 1.67 bits per heavy atom. The van der Waals surface area contributed by atoms with E-state index in [1.165, 1.54) is 5.57 Å². The lowest BCUT2D eigenvalue weighted by atomic mass is 9.84. The van der Waals surface area contributed by atoms with Gasteiger partial charge >= 0.3 is 0 Å². The van der Waals surface area contributed by atoms with Crippen molar-refractivity contribution in [1.82, 2.24) is 0 Å². The molecule has 0 heterocycles. The fourth-order valence-electron chi connectivity index (χ4n) is 1.46. The molecular formula is C10H16O2. The number of Topliss-reactive ketones (excluding diaryl/α,β-unsaturated/α-hetero) is 1.